The molecule has 11 heteroatoms. The Kier molecular flexibility index (Phi) is 11.7. The van der Waals surface area contributed by atoms with Crippen molar-refractivity contribution in [2.75, 3.05) is 24.1 Å². The highest BCUT2D eigenvalue weighted by Crippen LogP contribution is 2.25. The van der Waals surface area contributed by atoms with Gasteiger partial charge in [0.1, 0.15) is 22.2 Å². The van der Waals surface area contributed by atoms with E-state index in [2.05, 4.69) is 15.3 Å². The molecule has 3 N–H and O–H groups in total. The summed E-state index contributed by atoms with van der Waals surface area (Å²) in [5, 5.41) is 3.40. The van der Waals surface area contributed by atoms with E-state index in [1.54, 1.807) is 4.90 Å². The van der Waals surface area contributed by atoms with Gasteiger partial charge in [0.25, 0.3) is 0 Å². The third kappa shape index (κ3) is 11.5. The summed E-state index contributed by atoms with van der Waals surface area (Å²) in [6.45, 7) is 13.0. The molecule has 0 spiro atoms. The van der Waals surface area contributed by atoms with Gasteiger partial charge in [0.05, 0.1) is 0 Å². The molecule has 2 amide bonds. The molecule has 0 saturated heterocycles. The first-order chi connectivity index (χ1) is 19.7. The molecule has 232 valence electrons. The van der Waals surface area contributed by atoms with Crippen LogP contribution in [0, 0.1) is 0 Å². The molecular weight excluding hydrogens is 556 g/mol. The standard InChI is InChI=1S/C31H47ClN6O4/c1-30(2,3)41-28(39)37(17-10-18-38(24-11-8-7-9-12-24)29(40)42-31(4,5)6)21-23-15-13-22(14-16-23)20-34-27-35-25(32)19-26(33)36-27/h13-16,19,24H,7-12,17-18,20-21H2,1-6H3,(H3,33,34,35,36). The molecular formula is C31H47ClN6O4. The van der Waals surface area contributed by atoms with Gasteiger partial charge in [-0.05, 0) is 71.9 Å². The SMILES string of the molecule is CC(C)(C)OC(=O)N(CCCN(C(=O)OC(C)(C)C)C1CCCCC1)Cc1ccc(CNc2nc(N)cc(Cl)n2)cc1. The summed E-state index contributed by atoms with van der Waals surface area (Å²) in [7, 11) is 0. The molecule has 0 unspecified atom stereocenters. The quantitative estimate of drug-likeness (QED) is 0.278. The predicted octanol–water partition coefficient (Wildman–Crippen LogP) is 7.02. The minimum absolute atomic E-state index is 0.165. The van der Waals surface area contributed by atoms with E-state index >= 15 is 0 Å². The van der Waals surface area contributed by atoms with Gasteiger partial charge in [0.2, 0.25) is 5.95 Å². The Hall–Kier alpha value is -3.27. The summed E-state index contributed by atoms with van der Waals surface area (Å²) < 4.78 is 11.5. The lowest BCUT2D eigenvalue weighted by Gasteiger charge is -2.36. The number of aromatic nitrogens is 2. The van der Waals surface area contributed by atoms with Crippen molar-refractivity contribution in [3.05, 3.63) is 46.6 Å². The van der Waals surface area contributed by atoms with Gasteiger partial charge < -0.3 is 30.3 Å². The summed E-state index contributed by atoms with van der Waals surface area (Å²) in [4.78, 5) is 38.2. The number of nitrogens with zero attached hydrogens (tertiary/aromatic N) is 4. The summed E-state index contributed by atoms with van der Waals surface area (Å²) in [6, 6.07) is 9.59. The highest BCUT2D eigenvalue weighted by atomic mass is 35.5. The van der Waals surface area contributed by atoms with Crippen LogP contribution in [0.4, 0.5) is 21.4 Å². The molecule has 0 bridgehead atoms. The average molecular weight is 603 g/mol. The van der Waals surface area contributed by atoms with Crippen molar-refractivity contribution >= 4 is 35.6 Å². The maximum Gasteiger partial charge on any atom is 0.410 e. The van der Waals surface area contributed by atoms with E-state index in [1.165, 1.54) is 12.5 Å². The van der Waals surface area contributed by atoms with Crippen LogP contribution in [0.2, 0.25) is 5.15 Å². The normalized spacial score (nSPS) is 14.3. The van der Waals surface area contributed by atoms with Gasteiger partial charge in [-0.25, -0.2) is 14.6 Å². The van der Waals surface area contributed by atoms with Crippen molar-refractivity contribution in [1.82, 2.24) is 19.8 Å². The highest BCUT2D eigenvalue weighted by molar-refractivity contribution is 6.29. The van der Waals surface area contributed by atoms with Gasteiger partial charge in [0.15, 0.2) is 0 Å². The number of benzene rings is 1. The molecule has 42 heavy (non-hydrogen) atoms. The second-order valence-electron chi connectivity index (χ2n) is 12.8. The molecule has 1 aliphatic carbocycles. The Morgan fingerprint density at radius 3 is 2.12 bits per heavy atom. The Labute approximate surface area is 255 Å². The van der Waals surface area contributed by atoms with Gasteiger partial charge >= 0.3 is 12.2 Å². The number of amides is 2. The molecule has 1 saturated carbocycles. The van der Waals surface area contributed by atoms with Crippen LogP contribution in [-0.4, -0.2) is 62.3 Å². The third-order valence-corrected chi connectivity index (χ3v) is 6.88. The first-order valence-corrected chi connectivity index (χ1v) is 15.2. The van der Waals surface area contributed by atoms with Crippen molar-refractivity contribution in [2.24, 2.45) is 0 Å². The van der Waals surface area contributed by atoms with E-state index < -0.39 is 11.2 Å². The number of nitrogens with one attached hydrogen (secondary N) is 1. The van der Waals surface area contributed by atoms with Crippen molar-refractivity contribution < 1.29 is 19.1 Å². The van der Waals surface area contributed by atoms with Crippen LogP contribution in [0.25, 0.3) is 0 Å². The predicted molar refractivity (Wildman–Crippen MR) is 166 cm³/mol. The minimum Gasteiger partial charge on any atom is -0.444 e. The third-order valence-electron chi connectivity index (χ3n) is 6.68. The number of halogens is 1. The number of rotatable bonds is 10. The maximum atomic E-state index is 13.2. The van der Waals surface area contributed by atoms with E-state index in [4.69, 9.17) is 26.8 Å². The first kappa shape index (κ1) is 33.2. The highest BCUT2D eigenvalue weighted by Gasteiger charge is 2.30. The largest absolute Gasteiger partial charge is 0.444 e. The first-order valence-electron chi connectivity index (χ1n) is 14.8. The van der Waals surface area contributed by atoms with Crippen LogP contribution in [0.1, 0.15) is 91.2 Å². The monoisotopic (exact) mass is 602 g/mol. The lowest BCUT2D eigenvalue weighted by molar-refractivity contribution is 0.00970. The second kappa shape index (κ2) is 14.8. The molecule has 1 heterocycles. The number of carbonyl (C=O) groups excluding carboxylic acids is 2. The summed E-state index contributed by atoms with van der Waals surface area (Å²) in [5.41, 5.74) is 6.52. The van der Waals surface area contributed by atoms with Crippen LogP contribution in [0.15, 0.2) is 30.3 Å². The van der Waals surface area contributed by atoms with Crippen molar-refractivity contribution in [1.29, 1.82) is 0 Å². The van der Waals surface area contributed by atoms with E-state index in [0.29, 0.717) is 44.4 Å². The fourth-order valence-electron chi connectivity index (χ4n) is 4.81. The van der Waals surface area contributed by atoms with Gasteiger partial charge in [-0.3, -0.25) is 0 Å². The number of carbonyl (C=O) groups is 2. The van der Waals surface area contributed by atoms with Crippen molar-refractivity contribution in [2.45, 2.75) is 110 Å². The molecule has 0 atom stereocenters. The van der Waals surface area contributed by atoms with Crippen molar-refractivity contribution in [3.63, 3.8) is 0 Å². The van der Waals surface area contributed by atoms with Crippen LogP contribution in [0.3, 0.4) is 0 Å². The van der Waals surface area contributed by atoms with Gasteiger partial charge in [-0.2, -0.15) is 4.98 Å². The van der Waals surface area contributed by atoms with Gasteiger partial charge in [0, 0.05) is 38.3 Å². The van der Waals surface area contributed by atoms with E-state index in [0.717, 1.165) is 36.8 Å². The van der Waals surface area contributed by atoms with Crippen LogP contribution >= 0.6 is 11.6 Å². The van der Waals surface area contributed by atoms with Gasteiger partial charge in [-0.1, -0.05) is 55.1 Å². The summed E-state index contributed by atoms with van der Waals surface area (Å²) in [5.74, 6) is 0.650. The molecule has 10 nitrogen and oxygen atoms in total. The van der Waals surface area contributed by atoms with Gasteiger partial charge in [-0.15, -0.1) is 0 Å². The molecule has 1 aliphatic rings. The Morgan fingerprint density at radius 1 is 0.929 bits per heavy atom. The topological polar surface area (TPSA) is 123 Å². The maximum absolute atomic E-state index is 13.2. The van der Waals surface area contributed by atoms with Crippen molar-refractivity contribution in [3.8, 4) is 0 Å². The van der Waals surface area contributed by atoms with E-state index in [9.17, 15) is 9.59 Å². The molecule has 2 aromatic rings. The lowest BCUT2D eigenvalue weighted by atomic mass is 9.94. The summed E-state index contributed by atoms with van der Waals surface area (Å²) >= 11 is 5.96. The van der Waals surface area contributed by atoms with E-state index in [-0.39, 0.29) is 23.4 Å². The average Bonchev–Trinajstić information content (AvgIpc) is 2.88. The fraction of sp³-hybridized carbons (Fsp3) is 0.613. The van der Waals surface area contributed by atoms with Crippen LogP contribution < -0.4 is 11.1 Å². The number of hydrogen-bond acceptors (Lipinski definition) is 8. The number of anilines is 2. The number of nitrogen functional groups attached to an aromatic ring is 1. The molecule has 0 radical (unpaired) electrons. The van der Waals surface area contributed by atoms with E-state index in [1.807, 2.05) is 70.7 Å². The Morgan fingerprint density at radius 2 is 1.52 bits per heavy atom. The fourth-order valence-corrected chi connectivity index (χ4v) is 5.00. The number of ether oxygens (including phenoxy) is 2. The molecule has 1 aromatic carbocycles. The molecule has 1 fully saturated rings. The molecule has 1 aromatic heterocycles. The van der Waals surface area contributed by atoms with Crippen LogP contribution in [-0.2, 0) is 22.6 Å². The molecule has 3 rings (SSSR count). The zero-order valence-electron chi connectivity index (χ0n) is 25.9. The smallest absolute Gasteiger partial charge is 0.410 e. The lowest BCUT2D eigenvalue weighted by Crippen LogP contribution is -2.45. The summed E-state index contributed by atoms with van der Waals surface area (Å²) in [6.07, 6.45) is 5.32. The number of nitrogens with two attached hydrogens (primary N) is 1. The Balaban J connectivity index is 1.65. The zero-order valence-corrected chi connectivity index (χ0v) is 26.7. The van der Waals surface area contributed by atoms with Crippen LogP contribution in [0.5, 0.6) is 0 Å². The number of hydrogen-bond donors (Lipinski definition) is 2. The zero-order chi connectivity index (χ0) is 30.9. The Bertz CT molecular complexity index is 1150. The molecule has 0 aliphatic heterocycles. The second-order valence-corrected chi connectivity index (χ2v) is 13.2. The minimum atomic E-state index is -0.624.